The van der Waals surface area contributed by atoms with Crippen molar-refractivity contribution in [3.63, 3.8) is 0 Å². The fraction of sp³-hybridized carbons (Fsp3) is 0.478. The maximum atomic E-state index is 9.73. The normalized spacial score (nSPS) is 21.7. The van der Waals surface area contributed by atoms with Gasteiger partial charge in [0, 0.05) is 18.6 Å². The third kappa shape index (κ3) is 4.82. The quantitative estimate of drug-likeness (QED) is 0.710. The van der Waals surface area contributed by atoms with Crippen LogP contribution in [0.25, 0.3) is 0 Å². The van der Waals surface area contributed by atoms with Crippen molar-refractivity contribution < 1.29 is 14.6 Å². The predicted octanol–water partition coefficient (Wildman–Crippen LogP) is 4.41. The highest BCUT2D eigenvalue weighted by Crippen LogP contribution is 2.43. The van der Waals surface area contributed by atoms with Crippen molar-refractivity contribution in [2.24, 2.45) is 0 Å². The van der Waals surface area contributed by atoms with E-state index in [1.807, 2.05) is 12.1 Å². The Hall–Kier alpha value is -2.04. The number of phenols is 1. The summed E-state index contributed by atoms with van der Waals surface area (Å²) >= 11 is 0. The number of benzene rings is 2. The zero-order valence-corrected chi connectivity index (χ0v) is 16.6. The lowest BCUT2D eigenvalue weighted by molar-refractivity contribution is -0.0840. The van der Waals surface area contributed by atoms with E-state index >= 15 is 0 Å². The van der Waals surface area contributed by atoms with Crippen molar-refractivity contribution in [1.82, 2.24) is 5.32 Å². The first-order valence-corrected chi connectivity index (χ1v) is 9.70. The maximum absolute atomic E-state index is 9.73. The monoisotopic (exact) mass is 369 g/mol. The van der Waals surface area contributed by atoms with Crippen LogP contribution in [-0.4, -0.2) is 31.0 Å². The molecule has 0 bridgehead atoms. The van der Waals surface area contributed by atoms with Crippen LogP contribution in [0.3, 0.4) is 0 Å². The van der Waals surface area contributed by atoms with Gasteiger partial charge in [-0.1, -0.05) is 36.4 Å². The van der Waals surface area contributed by atoms with Crippen molar-refractivity contribution in [2.45, 2.75) is 50.7 Å². The van der Waals surface area contributed by atoms with E-state index in [1.54, 1.807) is 13.2 Å². The zero-order chi connectivity index (χ0) is 19.3. The van der Waals surface area contributed by atoms with Gasteiger partial charge in [-0.15, -0.1) is 0 Å². The average molecular weight is 370 g/mol. The van der Waals surface area contributed by atoms with Crippen molar-refractivity contribution in [1.29, 1.82) is 0 Å². The van der Waals surface area contributed by atoms with E-state index in [4.69, 9.17) is 9.47 Å². The van der Waals surface area contributed by atoms with Gasteiger partial charge in [-0.05, 0) is 62.9 Å². The first-order chi connectivity index (χ1) is 12.9. The molecule has 0 radical (unpaired) electrons. The summed E-state index contributed by atoms with van der Waals surface area (Å²) in [5.74, 6) is 0.690. The Kier molecular flexibility index (Phi) is 6.08. The fourth-order valence-corrected chi connectivity index (χ4v) is 4.27. The number of ether oxygens (including phenoxy) is 2. The molecule has 146 valence electrons. The Labute approximate surface area is 162 Å². The molecule has 1 heterocycles. The van der Waals surface area contributed by atoms with Gasteiger partial charge in [0.25, 0.3) is 0 Å². The van der Waals surface area contributed by atoms with Gasteiger partial charge in [-0.2, -0.15) is 0 Å². The minimum atomic E-state index is -0.0988. The molecule has 2 aromatic carbocycles. The van der Waals surface area contributed by atoms with Crippen molar-refractivity contribution in [2.75, 3.05) is 20.3 Å². The second-order valence-electron chi connectivity index (χ2n) is 8.11. The van der Waals surface area contributed by atoms with Crippen LogP contribution < -0.4 is 10.1 Å². The highest BCUT2D eigenvalue weighted by molar-refractivity contribution is 5.41. The largest absolute Gasteiger partial charge is 0.504 e. The maximum Gasteiger partial charge on any atom is 0.160 e. The van der Waals surface area contributed by atoms with Gasteiger partial charge in [0.05, 0.1) is 12.7 Å². The molecule has 4 heteroatoms. The molecule has 1 aliphatic heterocycles. The van der Waals surface area contributed by atoms with Crippen LogP contribution in [0.5, 0.6) is 11.5 Å². The number of phenolic OH excluding ortho intramolecular Hbond substituents is 1. The van der Waals surface area contributed by atoms with Crippen LogP contribution >= 0.6 is 0 Å². The summed E-state index contributed by atoms with van der Waals surface area (Å²) in [6.07, 6.45) is 3.15. The summed E-state index contributed by atoms with van der Waals surface area (Å²) in [5, 5.41) is 13.3. The van der Waals surface area contributed by atoms with Crippen LogP contribution in [0.4, 0.5) is 0 Å². The van der Waals surface area contributed by atoms with Crippen molar-refractivity contribution in [3.05, 3.63) is 59.7 Å². The van der Waals surface area contributed by atoms with Crippen LogP contribution in [0.15, 0.2) is 48.5 Å². The summed E-state index contributed by atoms with van der Waals surface area (Å²) in [6.45, 7) is 6.87. The van der Waals surface area contributed by atoms with Gasteiger partial charge in [-0.25, -0.2) is 0 Å². The summed E-state index contributed by atoms with van der Waals surface area (Å²) in [7, 11) is 1.57. The molecule has 1 atom stereocenters. The minimum Gasteiger partial charge on any atom is -0.504 e. The SMILES string of the molecule is COc1cc(CNCC[C@@]2(c3ccccc3)CCOC(C)(C)C2)ccc1O. The van der Waals surface area contributed by atoms with E-state index in [0.717, 1.165) is 44.5 Å². The van der Waals surface area contributed by atoms with E-state index < -0.39 is 0 Å². The summed E-state index contributed by atoms with van der Waals surface area (Å²) in [5.41, 5.74) is 2.56. The van der Waals surface area contributed by atoms with Gasteiger partial charge >= 0.3 is 0 Å². The first-order valence-electron chi connectivity index (χ1n) is 9.70. The molecule has 0 spiro atoms. The molecule has 27 heavy (non-hydrogen) atoms. The van der Waals surface area contributed by atoms with Crippen LogP contribution in [0.1, 0.15) is 44.2 Å². The molecule has 1 fully saturated rings. The molecule has 2 N–H and O–H groups in total. The minimum absolute atomic E-state index is 0.0988. The number of hydrogen-bond acceptors (Lipinski definition) is 4. The standard InChI is InChI=1S/C23H31NO3/c1-22(2)17-23(12-14-27-22,19-7-5-4-6-8-19)11-13-24-16-18-9-10-20(25)21(15-18)26-3/h4-10,15,24-25H,11-14,16-17H2,1-3H3/t23-/m1/s1. The average Bonchev–Trinajstić information content (AvgIpc) is 2.66. The third-order valence-corrected chi connectivity index (χ3v) is 5.58. The smallest absolute Gasteiger partial charge is 0.160 e. The molecule has 0 aromatic heterocycles. The van der Waals surface area contributed by atoms with E-state index in [2.05, 4.69) is 49.5 Å². The summed E-state index contributed by atoms with van der Waals surface area (Å²) in [6, 6.07) is 16.4. The summed E-state index contributed by atoms with van der Waals surface area (Å²) in [4.78, 5) is 0. The van der Waals surface area contributed by atoms with Gasteiger partial charge in [-0.3, -0.25) is 0 Å². The van der Waals surface area contributed by atoms with E-state index in [-0.39, 0.29) is 16.8 Å². The second-order valence-corrected chi connectivity index (χ2v) is 8.11. The molecule has 0 aliphatic carbocycles. The van der Waals surface area contributed by atoms with E-state index in [9.17, 15) is 5.11 Å². The Morgan fingerprint density at radius 1 is 1.15 bits per heavy atom. The highest BCUT2D eigenvalue weighted by Gasteiger charge is 2.41. The van der Waals surface area contributed by atoms with Gasteiger partial charge < -0.3 is 19.9 Å². The molecule has 2 aromatic rings. The molecule has 1 saturated heterocycles. The predicted molar refractivity (Wildman–Crippen MR) is 108 cm³/mol. The number of nitrogens with one attached hydrogen (secondary N) is 1. The molecular weight excluding hydrogens is 338 g/mol. The van der Waals surface area contributed by atoms with E-state index in [0.29, 0.717) is 5.75 Å². The lowest BCUT2D eigenvalue weighted by atomic mass is 9.67. The van der Waals surface area contributed by atoms with Crippen molar-refractivity contribution in [3.8, 4) is 11.5 Å². The molecule has 1 aliphatic rings. The van der Waals surface area contributed by atoms with Crippen molar-refractivity contribution >= 4 is 0 Å². The Balaban J connectivity index is 1.65. The molecule has 3 rings (SSSR count). The lowest BCUT2D eigenvalue weighted by Gasteiger charge is -2.45. The van der Waals surface area contributed by atoms with Gasteiger partial charge in [0.15, 0.2) is 11.5 Å². The number of methoxy groups -OCH3 is 1. The van der Waals surface area contributed by atoms with Crippen LogP contribution in [0, 0.1) is 0 Å². The molecule has 0 amide bonds. The van der Waals surface area contributed by atoms with Gasteiger partial charge in [0.1, 0.15) is 0 Å². The highest BCUT2D eigenvalue weighted by atomic mass is 16.5. The number of hydrogen-bond donors (Lipinski definition) is 2. The fourth-order valence-electron chi connectivity index (χ4n) is 4.27. The Morgan fingerprint density at radius 2 is 1.93 bits per heavy atom. The zero-order valence-electron chi connectivity index (χ0n) is 16.6. The number of aromatic hydroxyl groups is 1. The Bertz CT molecular complexity index is 745. The van der Waals surface area contributed by atoms with Crippen LogP contribution in [0.2, 0.25) is 0 Å². The second kappa shape index (κ2) is 8.32. The summed E-state index contributed by atoms with van der Waals surface area (Å²) < 4.78 is 11.2. The molecular formula is C23H31NO3. The Morgan fingerprint density at radius 3 is 2.63 bits per heavy atom. The van der Waals surface area contributed by atoms with Crippen LogP contribution in [-0.2, 0) is 16.7 Å². The number of rotatable bonds is 7. The molecule has 4 nitrogen and oxygen atoms in total. The lowest BCUT2D eigenvalue weighted by Crippen LogP contribution is -2.45. The van der Waals surface area contributed by atoms with Gasteiger partial charge in [0.2, 0.25) is 0 Å². The first kappa shape index (κ1) is 19.7. The molecule has 0 saturated carbocycles. The topological polar surface area (TPSA) is 50.7 Å². The third-order valence-electron chi connectivity index (χ3n) is 5.58. The van der Waals surface area contributed by atoms with E-state index in [1.165, 1.54) is 5.56 Å². The molecule has 0 unspecified atom stereocenters.